The third kappa shape index (κ3) is 5.34. The Morgan fingerprint density at radius 2 is 1.89 bits per heavy atom. The minimum Gasteiger partial charge on any atom is -0.505 e. The van der Waals surface area contributed by atoms with Gasteiger partial charge in [-0.3, -0.25) is 24.6 Å². The van der Waals surface area contributed by atoms with Crippen LogP contribution in [0.5, 0.6) is 5.75 Å². The van der Waals surface area contributed by atoms with Crippen molar-refractivity contribution in [1.82, 2.24) is 10.2 Å². The number of thioether (sulfide) groups is 1. The molecule has 14 heteroatoms. The van der Waals surface area contributed by atoms with Crippen LogP contribution in [-0.2, 0) is 20.8 Å². The predicted octanol–water partition coefficient (Wildman–Crippen LogP) is 3.14. The number of β-lactam (4-membered cyclic amide) rings is 1. The molecule has 38 heavy (non-hydrogen) atoms. The number of hydrogen-bond acceptors (Lipinski definition) is 8. The van der Waals surface area contributed by atoms with E-state index in [9.17, 15) is 34.7 Å². The fraction of sp³-hybridized carbons (Fsp3) is 0.208. The SMILES string of the molecule is N[C@@H](C(=O)NC1C(=O)N2C(C(=O)O)=C(C=CCc3ccc([N+](=O)[O-])cc3)CS[C@H]12)c1cc(Cl)c(O)c(Cl)c1. The maximum absolute atomic E-state index is 12.9. The standard InChI is InChI=1S/C24H20Cl2N4O7S/c25-15-8-13(9-16(26)20(15)31)17(27)21(32)28-18-22(33)29-19(24(34)35)12(10-38-23(18)29)3-1-2-11-4-6-14(7-5-11)30(36)37/h1,3-9,17-18,23,31H,2,10,27H2,(H,28,32)(H,34,35)/t17-,18?,23-/m1/s1. The van der Waals surface area contributed by atoms with E-state index in [0.717, 1.165) is 10.5 Å². The van der Waals surface area contributed by atoms with E-state index in [2.05, 4.69) is 5.32 Å². The van der Waals surface area contributed by atoms with E-state index in [1.165, 1.54) is 36.0 Å². The maximum Gasteiger partial charge on any atom is 0.352 e. The summed E-state index contributed by atoms with van der Waals surface area (Å²) in [6.45, 7) is 0. The van der Waals surface area contributed by atoms with Crippen molar-refractivity contribution in [1.29, 1.82) is 0 Å². The highest BCUT2D eigenvalue weighted by atomic mass is 35.5. The number of benzene rings is 2. The molecule has 2 amide bonds. The molecule has 0 aliphatic carbocycles. The van der Waals surface area contributed by atoms with Crippen LogP contribution in [0.3, 0.4) is 0 Å². The Bertz CT molecular complexity index is 1370. The van der Waals surface area contributed by atoms with Crippen LogP contribution in [0.4, 0.5) is 5.69 Å². The summed E-state index contributed by atoms with van der Waals surface area (Å²) in [5, 5.41) is 32.1. The van der Waals surface area contributed by atoms with E-state index in [1.807, 2.05) is 0 Å². The molecule has 0 radical (unpaired) electrons. The highest BCUT2D eigenvalue weighted by Crippen LogP contribution is 2.41. The monoisotopic (exact) mass is 578 g/mol. The van der Waals surface area contributed by atoms with Crippen molar-refractivity contribution < 1.29 is 29.5 Å². The second-order valence-corrected chi connectivity index (χ2v) is 10.3. The fourth-order valence-corrected chi connectivity index (χ4v) is 5.84. The molecular formula is C24H20Cl2N4O7S. The number of carbonyl (C=O) groups excluding carboxylic acids is 2. The number of hydrogen-bond donors (Lipinski definition) is 4. The average Bonchev–Trinajstić information content (AvgIpc) is 2.89. The van der Waals surface area contributed by atoms with Crippen LogP contribution >= 0.6 is 35.0 Å². The number of nitrogens with one attached hydrogen (secondary N) is 1. The van der Waals surface area contributed by atoms with E-state index in [4.69, 9.17) is 28.9 Å². The minimum atomic E-state index is -1.28. The van der Waals surface area contributed by atoms with Gasteiger partial charge in [-0.05, 0) is 35.3 Å². The highest BCUT2D eigenvalue weighted by Gasteiger charge is 2.54. The number of carboxylic acids is 1. The largest absolute Gasteiger partial charge is 0.505 e. The quantitative estimate of drug-likeness (QED) is 0.208. The van der Waals surface area contributed by atoms with E-state index >= 15 is 0 Å². The van der Waals surface area contributed by atoms with Gasteiger partial charge in [0, 0.05) is 17.9 Å². The highest BCUT2D eigenvalue weighted by molar-refractivity contribution is 8.00. The number of halogens is 2. The van der Waals surface area contributed by atoms with Crippen LogP contribution in [0.15, 0.2) is 59.8 Å². The lowest BCUT2D eigenvalue weighted by atomic mass is 10.0. The van der Waals surface area contributed by atoms with Crippen molar-refractivity contribution in [3.63, 3.8) is 0 Å². The Balaban J connectivity index is 1.45. The van der Waals surface area contributed by atoms with Gasteiger partial charge in [0.1, 0.15) is 23.2 Å². The molecule has 1 unspecified atom stereocenters. The molecule has 1 saturated heterocycles. The summed E-state index contributed by atoms with van der Waals surface area (Å²) in [7, 11) is 0. The first-order chi connectivity index (χ1) is 18.0. The molecule has 2 aliphatic heterocycles. The van der Waals surface area contributed by atoms with Gasteiger partial charge in [0.2, 0.25) is 5.91 Å². The van der Waals surface area contributed by atoms with Gasteiger partial charge in [0.15, 0.2) is 5.75 Å². The molecule has 0 aromatic heterocycles. The van der Waals surface area contributed by atoms with Crippen molar-refractivity contribution in [3.05, 3.63) is 91.1 Å². The number of fused-ring (bicyclic) bond motifs is 1. The number of amides is 2. The molecule has 1 fully saturated rings. The lowest BCUT2D eigenvalue weighted by molar-refractivity contribution is -0.384. The minimum absolute atomic E-state index is 0.0297. The van der Waals surface area contributed by atoms with E-state index in [1.54, 1.807) is 24.3 Å². The Kier molecular flexibility index (Phi) is 7.97. The number of carbonyl (C=O) groups is 3. The van der Waals surface area contributed by atoms with Crippen molar-refractivity contribution >= 4 is 58.4 Å². The van der Waals surface area contributed by atoms with Gasteiger partial charge in [-0.2, -0.15) is 0 Å². The number of rotatable bonds is 8. The first-order valence-corrected chi connectivity index (χ1v) is 12.8. The van der Waals surface area contributed by atoms with Crippen LogP contribution in [0.1, 0.15) is 17.2 Å². The van der Waals surface area contributed by atoms with Crippen LogP contribution < -0.4 is 11.1 Å². The Labute approximate surface area is 230 Å². The molecule has 0 spiro atoms. The molecule has 0 bridgehead atoms. The Morgan fingerprint density at radius 3 is 2.47 bits per heavy atom. The van der Waals surface area contributed by atoms with Crippen molar-refractivity contribution in [2.45, 2.75) is 23.9 Å². The molecule has 0 saturated carbocycles. The zero-order chi connectivity index (χ0) is 27.7. The number of phenolic OH excluding ortho intramolecular Hbond substituents is 1. The third-order valence-electron chi connectivity index (χ3n) is 6.00. The molecule has 4 rings (SSSR count). The molecule has 2 heterocycles. The van der Waals surface area contributed by atoms with E-state index < -0.39 is 40.2 Å². The third-order valence-corrected chi connectivity index (χ3v) is 7.88. The summed E-state index contributed by atoms with van der Waals surface area (Å²) in [6.07, 6.45) is 3.73. The topological polar surface area (TPSA) is 176 Å². The van der Waals surface area contributed by atoms with Crippen molar-refractivity contribution in [3.8, 4) is 5.75 Å². The Hall–Kier alpha value is -3.58. The molecule has 198 valence electrons. The van der Waals surface area contributed by atoms with Gasteiger partial charge >= 0.3 is 5.97 Å². The lowest BCUT2D eigenvalue weighted by Gasteiger charge is -2.49. The van der Waals surface area contributed by atoms with E-state index in [0.29, 0.717) is 12.0 Å². The molecule has 5 N–H and O–H groups in total. The van der Waals surface area contributed by atoms with Gasteiger partial charge in [-0.25, -0.2) is 4.79 Å². The van der Waals surface area contributed by atoms with Crippen molar-refractivity contribution in [2.75, 3.05) is 5.75 Å². The number of non-ortho nitro benzene ring substituents is 1. The number of aromatic hydroxyl groups is 1. The smallest absolute Gasteiger partial charge is 0.352 e. The second kappa shape index (κ2) is 11.0. The predicted molar refractivity (Wildman–Crippen MR) is 141 cm³/mol. The van der Waals surface area contributed by atoms with Gasteiger partial charge < -0.3 is 21.3 Å². The first kappa shape index (κ1) is 27.5. The van der Waals surface area contributed by atoms with E-state index in [-0.39, 0.29) is 38.5 Å². The summed E-state index contributed by atoms with van der Waals surface area (Å²) < 4.78 is 0. The number of allylic oxidation sites excluding steroid dienone is 2. The molecule has 11 nitrogen and oxygen atoms in total. The molecule has 2 aromatic carbocycles. The van der Waals surface area contributed by atoms with Crippen LogP contribution in [0, 0.1) is 10.1 Å². The zero-order valence-corrected chi connectivity index (χ0v) is 21.7. The maximum atomic E-state index is 12.9. The fourth-order valence-electron chi connectivity index (χ4n) is 4.02. The second-order valence-electron chi connectivity index (χ2n) is 8.42. The van der Waals surface area contributed by atoms with Gasteiger partial charge in [0.05, 0.1) is 15.0 Å². The van der Waals surface area contributed by atoms with Gasteiger partial charge in [0.25, 0.3) is 11.6 Å². The zero-order valence-electron chi connectivity index (χ0n) is 19.3. The van der Waals surface area contributed by atoms with Crippen LogP contribution in [-0.4, -0.2) is 55.0 Å². The first-order valence-electron chi connectivity index (χ1n) is 11.0. The summed E-state index contributed by atoms with van der Waals surface area (Å²) in [6, 6.07) is 6.34. The average molecular weight is 579 g/mol. The number of nitrogens with zero attached hydrogens (tertiary/aromatic N) is 2. The number of nitro groups is 1. The van der Waals surface area contributed by atoms with Crippen LogP contribution in [0.25, 0.3) is 0 Å². The molecule has 2 aromatic rings. The summed E-state index contributed by atoms with van der Waals surface area (Å²) in [4.78, 5) is 49.1. The number of aliphatic carboxylic acids is 1. The van der Waals surface area contributed by atoms with Crippen LogP contribution in [0.2, 0.25) is 10.0 Å². The molecule has 3 atom stereocenters. The number of phenols is 1. The van der Waals surface area contributed by atoms with Crippen molar-refractivity contribution in [2.24, 2.45) is 5.73 Å². The normalized spacial score (nSPS) is 19.7. The summed E-state index contributed by atoms with van der Waals surface area (Å²) in [5.74, 6) is -2.65. The summed E-state index contributed by atoms with van der Waals surface area (Å²) in [5.41, 5.74) is 7.23. The number of nitrogens with two attached hydrogens (primary N) is 1. The van der Waals surface area contributed by atoms with Gasteiger partial charge in [-0.1, -0.05) is 47.5 Å². The van der Waals surface area contributed by atoms with Gasteiger partial charge in [-0.15, -0.1) is 11.8 Å². The molecule has 2 aliphatic rings. The number of nitro benzene ring substituents is 1. The number of carboxylic acid groups (broad SMARTS) is 1. The molecular weight excluding hydrogens is 559 g/mol. The Morgan fingerprint density at radius 1 is 1.26 bits per heavy atom. The summed E-state index contributed by atoms with van der Waals surface area (Å²) >= 11 is 13.1. The lowest BCUT2D eigenvalue weighted by Crippen LogP contribution is -2.71.